The van der Waals surface area contributed by atoms with Crippen molar-refractivity contribution in [1.29, 1.82) is 10.5 Å². The van der Waals surface area contributed by atoms with E-state index in [9.17, 15) is 4.39 Å². The van der Waals surface area contributed by atoms with E-state index in [1.54, 1.807) is 12.1 Å². The first kappa shape index (κ1) is 12.3. The van der Waals surface area contributed by atoms with E-state index in [0.717, 1.165) is 0 Å². The molecule has 0 unspecified atom stereocenters. The second-order valence-corrected chi connectivity index (χ2v) is 4.35. The Morgan fingerprint density at radius 1 is 1.33 bits per heavy atom. The molecular formula is C12H6BrFN4. The summed E-state index contributed by atoms with van der Waals surface area (Å²) < 4.78 is 15.7. The first-order valence-corrected chi connectivity index (χ1v) is 5.75. The molecule has 0 N–H and O–H groups in total. The lowest BCUT2D eigenvalue weighted by Crippen LogP contribution is -2.04. The van der Waals surface area contributed by atoms with Gasteiger partial charge >= 0.3 is 0 Å². The van der Waals surface area contributed by atoms with Gasteiger partial charge in [-0.05, 0) is 12.1 Å². The second kappa shape index (κ2) is 4.99. The van der Waals surface area contributed by atoms with Gasteiger partial charge in [-0.1, -0.05) is 22.0 Å². The molecule has 0 aliphatic rings. The van der Waals surface area contributed by atoms with Gasteiger partial charge in [0.15, 0.2) is 11.4 Å². The zero-order valence-corrected chi connectivity index (χ0v) is 10.6. The van der Waals surface area contributed by atoms with E-state index in [1.807, 2.05) is 12.1 Å². The summed E-state index contributed by atoms with van der Waals surface area (Å²) in [4.78, 5) is 3.80. The molecule has 1 heterocycles. The quantitative estimate of drug-likeness (QED) is 0.856. The molecule has 2 rings (SSSR count). The summed E-state index contributed by atoms with van der Waals surface area (Å²) in [6.07, 6.45) is 1.36. The van der Waals surface area contributed by atoms with Crippen LogP contribution in [-0.2, 0) is 6.54 Å². The largest absolute Gasteiger partial charge is 0.317 e. The van der Waals surface area contributed by atoms with Gasteiger partial charge in [-0.2, -0.15) is 10.5 Å². The number of halogens is 2. The number of hydrogen-bond donors (Lipinski definition) is 0. The van der Waals surface area contributed by atoms with E-state index >= 15 is 0 Å². The second-order valence-electron chi connectivity index (χ2n) is 3.49. The third-order valence-electron chi connectivity index (χ3n) is 2.44. The highest BCUT2D eigenvalue weighted by atomic mass is 79.9. The fraction of sp³-hybridized carbons (Fsp3) is 0.0833. The minimum absolute atomic E-state index is 0.0463. The van der Waals surface area contributed by atoms with Crippen molar-refractivity contribution in [3.8, 4) is 12.1 Å². The molecule has 6 heteroatoms. The molecule has 4 nitrogen and oxygen atoms in total. The van der Waals surface area contributed by atoms with Gasteiger partial charge in [0.1, 0.15) is 18.0 Å². The fourth-order valence-electron chi connectivity index (χ4n) is 1.55. The molecule has 0 spiro atoms. The number of aromatic nitrogens is 2. The molecule has 88 valence electrons. The van der Waals surface area contributed by atoms with Crippen molar-refractivity contribution >= 4 is 15.9 Å². The molecule has 0 atom stereocenters. The van der Waals surface area contributed by atoms with Gasteiger partial charge < -0.3 is 4.57 Å². The van der Waals surface area contributed by atoms with Crippen molar-refractivity contribution in [3.63, 3.8) is 0 Å². The number of nitrogens with zero attached hydrogens (tertiary/aromatic N) is 4. The Bertz CT molecular complexity index is 658. The van der Waals surface area contributed by atoms with E-state index in [1.165, 1.54) is 17.0 Å². The van der Waals surface area contributed by atoms with E-state index < -0.39 is 0 Å². The van der Waals surface area contributed by atoms with Gasteiger partial charge in [0.05, 0.1) is 12.9 Å². The van der Waals surface area contributed by atoms with Gasteiger partial charge in [0.2, 0.25) is 0 Å². The highest BCUT2D eigenvalue weighted by Gasteiger charge is 2.13. The van der Waals surface area contributed by atoms with E-state index in [-0.39, 0.29) is 23.7 Å². The average Bonchev–Trinajstić information content (AvgIpc) is 2.75. The van der Waals surface area contributed by atoms with E-state index in [2.05, 4.69) is 20.9 Å². The van der Waals surface area contributed by atoms with Crippen LogP contribution in [0.3, 0.4) is 0 Å². The molecule has 2 aromatic rings. The van der Waals surface area contributed by atoms with Crippen LogP contribution in [0, 0.1) is 28.5 Å². The Labute approximate surface area is 111 Å². The van der Waals surface area contributed by atoms with Crippen LogP contribution in [0.2, 0.25) is 0 Å². The van der Waals surface area contributed by atoms with Crippen LogP contribution in [0.25, 0.3) is 0 Å². The Morgan fingerprint density at radius 2 is 2.11 bits per heavy atom. The zero-order chi connectivity index (χ0) is 13.1. The Balaban J connectivity index is 2.45. The normalized spacial score (nSPS) is 9.78. The van der Waals surface area contributed by atoms with Gasteiger partial charge in [-0.3, -0.25) is 0 Å². The first-order valence-electron chi connectivity index (χ1n) is 4.95. The van der Waals surface area contributed by atoms with E-state index in [0.29, 0.717) is 10.0 Å². The molecule has 0 fully saturated rings. The molecule has 0 radical (unpaired) electrons. The third kappa shape index (κ3) is 2.11. The molecule has 0 aliphatic carbocycles. The van der Waals surface area contributed by atoms with E-state index in [4.69, 9.17) is 10.5 Å². The maximum Gasteiger partial charge on any atom is 0.176 e. The molecule has 0 saturated carbocycles. The first-order chi connectivity index (χ1) is 8.67. The monoisotopic (exact) mass is 304 g/mol. The van der Waals surface area contributed by atoms with Crippen LogP contribution in [0.4, 0.5) is 4.39 Å². The smallest absolute Gasteiger partial charge is 0.176 e. The zero-order valence-electron chi connectivity index (χ0n) is 9.06. The molecule has 1 aromatic heterocycles. The Kier molecular flexibility index (Phi) is 3.40. The van der Waals surface area contributed by atoms with Crippen LogP contribution in [0.5, 0.6) is 0 Å². The van der Waals surface area contributed by atoms with Crippen LogP contribution >= 0.6 is 15.9 Å². The lowest BCUT2D eigenvalue weighted by molar-refractivity contribution is 0.597. The van der Waals surface area contributed by atoms with Gasteiger partial charge in [0, 0.05) is 10.0 Å². The van der Waals surface area contributed by atoms with Crippen molar-refractivity contribution in [2.75, 3.05) is 0 Å². The molecular weight excluding hydrogens is 299 g/mol. The summed E-state index contributed by atoms with van der Waals surface area (Å²) in [5, 5.41) is 17.7. The summed E-state index contributed by atoms with van der Waals surface area (Å²) in [5.74, 6) is -0.375. The predicted octanol–water partition coefficient (Wildman–Crippen LogP) is 2.58. The summed E-state index contributed by atoms with van der Waals surface area (Å²) in [6, 6.07) is 8.36. The molecule has 0 bridgehead atoms. The van der Waals surface area contributed by atoms with Crippen molar-refractivity contribution in [1.82, 2.24) is 9.55 Å². The number of benzene rings is 1. The lowest BCUT2D eigenvalue weighted by Gasteiger charge is -2.07. The maximum atomic E-state index is 13.6. The topological polar surface area (TPSA) is 65.4 Å². The van der Waals surface area contributed by atoms with Gasteiger partial charge in [-0.25, -0.2) is 9.37 Å². The average molecular weight is 305 g/mol. The standard InChI is InChI=1S/C12H6BrFN4/c13-9-2-1-3-10(14)8(9)6-18-7-17-11(4-15)12(18)5-16/h1-3,7H,6H2. The van der Waals surface area contributed by atoms with Crippen molar-refractivity contribution in [3.05, 3.63) is 51.8 Å². The molecule has 18 heavy (non-hydrogen) atoms. The van der Waals surface area contributed by atoms with Crippen LogP contribution in [0.15, 0.2) is 29.0 Å². The lowest BCUT2D eigenvalue weighted by atomic mass is 10.2. The predicted molar refractivity (Wildman–Crippen MR) is 64.9 cm³/mol. The number of imidazole rings is 1. The summed E-state index contributed by atoms with van der Waals surface area (Å²) in [5.41, 5.74) is 0.591. The molecule has 1 aromatic carbocycles. The highest BCUT2D eigenvalue weighted by molar-refractivity contribution is 9.10. The van der Waals surface area contributed by atoms with Crippen molar-refractivity contribution in [2.45, 2.75) is 6.54 Å². The minimum atomic E-state index is -0.375. The Hall–Kier alpha value is -2.18. The molecule has 0 amide bonds. The van der Waals surface area contributed by atoms with Gasteiger partial charge in [-0.15, -0.1) is 0 Å². The van der Waals surface area contributed by atoms with Crippen LogP contribution < -0.4 is 0 Å². The maximum absolute atomic E-state index is 13.6. The molecule has 0 saturated heterocycles. The highest BCUT2D eigenvalue weighted by Crippen LogP contribution is 2.21. The number of hydrogen-bond acceptors (Lipinski definition) is 3. The van der Waals surface area contributed by atoms with Crippen molar-refractivity contribution < 1.29 is 4.39 Å². The SMILES string of the molecule is N#Cc1ncn(Cc2c(F)cccc2Br)c1C#N. The Morgan fingerprint density at radius 3 is 2.72 bits per heavy atom. The number of nitriles is 2. The van der Waals surface area contributed by atoms with Crippen LogP contribution in [-0.4, -0.2) is 9.55 Å². The molecule has 0 aliphatic heterocycles. The number of rotatable bonds is 2. The summed E-state index contributed by atoms with van der Waals surface area (Å²) in [6.45, 7) is 0.144. The minimum Gasteiger partial charge on any atom is -0.317 e. The summed E-state index contributed by atoms with van der Waals surface area (Å²) >= 11 is 3.25. The van der Waals surface area contributed by atoms with Crippen LogP contribution in [0.1, 0.15) is 17.0 Å². The fourth-order valence-corrected chi connectivity index (χ4v) is 2.02. The van der Waals surface area contributed by atoms with Gasteiger partial charge in [0.25, 0.3) is 0 Å². The third-order valence-corrected chi connectivity index (χ3v) is 3.18. The van der Waals surface area contributed by atoms with Crippen molar-refractivity contribution in [2.24, 2.45) is 0 Å². The summed E-state index contributed by atoms with van der Waals surface area (Å²) in [7, 11) is 0.